The lowest BCUT2D eigenvalue weighted by molar-refractivity contribution is -0.141. The number of carbonyl (C=O) groups is 1. The number of aliphatic hydroxyl groups is 1. The van der Waals surface area contributed by atoms with Gasteiger partial charge in [-0.3, -0.25) is 14.9 Å². The number of aromatic hydroxyl groups is 1. The van der Waals surface area contributed by atoms with Crippen LogP contribution < -0.4 is 0 Å². The summed E-state index contributed by atoms with van der Waals surface area (Å²) in [6.45, 7) is 5.54. The highest BCUT2D eigenvalue weighted by Crippen LogP contribution is 2.44. The van der Waals surface area contributed by atoms with Crippen molar-refractivity contribution in [3.05, 3.63) is 29.3 Å². The quantitative estimate of drug-likeness (QED) is 0.271. The fourth-order valence-electron chi connectivity index (χ4n) is 4.99. The fourth-order valence-corrected chi connectivity index (χ4v) is 9.42. The molecule has 0 bridgehead atoms. The molecule has 0 unspecified atom stereocenters. The molecule has 3 N–H and O–H groups in total. The normalized spacial score (nSPS) is 29.4. The molecule has 1 saturated heterocycles. The van der Waals surface area contributed by atoms with Crippen molar-refractivity contribution in [3.63, 3.8) is 0 Å². The molecule has 204 valence electrons. The Kier molecular flexibility index (Phi) is 9.18. The number of rotatable bonds is 10. The van der Waals surface area contributed by atoms with Gasteiger partial charge in [0.15, 0.2) is 5.54 Å². The van der Waals surface area contributed by atoms with E-state index >= 15 is 0 Å². The number of unbranched alkanes of at least 4 members (excludes halogenated alkanes) is 1. The first-order chi connectivity index (χ1) is 17.5. The molecule has 0 spiro atoms. The van der Waals surface area contributed by atoms with Crippen LogP contribution in [-0.4, -0.2) is 95.6 Å². The zero-order valence-electron chi connectivity index (χ0n) is 21.7. The average molecular weight is 586 g/mol. The van der Waals surface area contributed by atoms with Crippen molar-refractivity contribution in [2.24, 2.45) is 15.4 Å². The number of benzene rings is 1. The molecular formula is C26H36ClN3O4S3. The van der Waals surface area contributed by atoms with Crippen molar-refractivity contribution in [2.45, 2.75) is 69.1 Å². The minimum Gasteiger partial charge on any atom is -0.507 e. The van der Waals surface area contributed by atoms with Crippen LogP contribution in [0, 0.1) is 5.41 Å². The number of aliphatic imine (C=N–C) groups is 2. The van der Waals surface area contributed by atoms with E-state index in [1.54, 1.807) is 36.5 Å². The van der Waals surface area contributed by atoms with Gasteiger partial charge in [0.2, 0.25) is 0 Å². The number of nitrogens with zero attached hydrogens (tertiary/aromatic N) is 3. The zero-order chi connectivity index (χ0) is 27.0. The Hall–Kier alpha value is -0.910. The molecule has 5 atom stereocenters. The first-order valence-corrected chi connectivity index (χ1v) is 16.1. The van der Waals surface area contributed by atoms with Crippen LogP contribution in [0.25, 0.3) is 0 Å². The molecule has 0 amide bonds. The lowest BCUT2D eigenvalue weighted by Crippen LogP contribution is -2.51. The van der Waals surface area contributed by atoms with Crippen LogP contribution >= 0.6 is 46.9 Å². The summed E-state index contributed by atoms with van der Waals surface area (Å²) in [6.07, 6.45) is 2.04. The largest absolute Gasteiger partial charge is 0.507 e. The summed E-state index contributed by atoms with van der Waals surface area (Å²) in [5, 5.41) is 33.4. The van der Waals surface area contributed by atoms with E-state index in [-0.39, 0.29) is 23.2 Å². The van der Waals surface area contributed by atoms with Crippen molar-refractivity contribution in [3.8, 4) is 5.75 Å². The van der Waals surface area contributed by atoms with Crippen molar-refractivity contribution >= 4 is 62.9 Å². The summed E-state index contributed by atoms with van der Waals surface area (Å²) >= 11 is 10.8. The number of aryl methyl sites for hydroxylation is 1. The van der Waals surface area contributed by atoms with E-state index in [1.807, 2.05) is 27.0 Å². The molecule has 4 rings (SSSR count). The van der Waals surface area contributed by atoms with Gasteiger partial charge in [0.25, 0.3) is 0 Å². The summed E-state index contributed by atoms with van der Waals surface area (Å²) < 4.78 is 0. The van der Waals surface area contributed by atoms with E-state index in [2.05, 4.69) is 16.0 Å². The van der Waals surface area contributed by atoms with E-state index in [0.717, 1.165) is 46.9 Å². The number of aliphatic hydroxyl groups excluding tert-OH is 1. The van der Waals surface area contributed by atoms with Gasteiger partial charge in [-0.25, -0.2) is 4.79 Å². The minimum atomic E-state index is -1.14. The second-order valence-electron chi connectivity index (χ2n) is 10.7. The number of carboxylic acid groups (broad SMARTS) is 1. The monoisotopic (exact) mass is 585 g/mol. The third-order valence-corrected chi connectivity index (χ3v) is 12.0. The van der Waals surface area contributed by atoms with E-state index in [0.29, 0.717) is 16.7 Å². The number of hydrogen-bond acceptors (Lipinski definition) is 9. The van der Waals surface area contributed by atoms with Gasteiger partial charge in [-0.2, -0.15) is 0 Å². The number of phenols is 1. The van der Waals surface area contributed by atoms with Crippen LogP contribution in [0.2, 0.25) is 0 Å². The third kappa shape index (κ3) is 5.84. The number of hydrogen-bond donors (Lipinski definition) is 3. The van der Waals surface area contributed by atoms with Gasteiger partial charge in [0, 0.05) is 34.6 Å². The summed E-state index contributed by atoms with van der Waals surface area (Å²) in [5.41, 5.74) is 0.126. The predicted octanol–water partition coefficient (Wildman–Crippen LogP) is 4.56. The molecule has 3 aliphatic heterocycles. The number of thioether (sulfide) groups is 3. The lowest BCUT2D eigenvalue weighted by atomic mass is 9.83. The lowest BCUT2D eigenvalue weighted by Gasteiger charge is -2.38. The molecule has 0 aliphatic carbocycles. The Morgan fingerprint density at radius 2 is 2.05 bits per heavy atom. The molecule has 1 aromatic rings. The van der Waals surface area contributed by atoms with Crippen LogP contribution in [0.15, 0.2) is 28.2 Å². The van der Waals surface area contributed by atoms with Crippen LogP contribution in [0.5, 0.6) is 5.75 Å². The molecule has 7 nitrogen and oxygen atoms in total. The number of carboxylic acids is 1. The van der Waals surface area contributed by atoms with E-state index < -0.39 is 23.0 Å². The average Bonchev–Trinajstić information content (AvgIpc) is 3.58. The number of likely N-dealkylation sites (N-methyl/N-ethyl adjacent to an activating group) is 1. The van der Waals surface area contributed by atoms with Gasteiger partial charge in [-0.15, -0.1) is 46.9 Å². The third-order valence-electron chi connectivity index (χ3n) is 7.49. The van der Waals surface area contributed by atoms with Crippen molar-refractivity contribution in [1.82, 2.24) is 4.90 Å². The first-order valence-electron chi connectivity index (χ1n) is 12.6. The molecular weight excluding hydrogens is 550 g/mol. The summed E-state index contributed by atoms with van der Waals surface area (Å²) in [6, 6.07) is 5.60. The van der Waals surface area contributed by atoms with E-state index in [9.17, 15) is 20.1 Å². The summed E-state index contributed by atoms with van der Waals surface area (Å²) in [7, 11) is 2.04. The van der Waals surface area contributed by atoms with Crippen LogP contribution in [-0.2, 0) is 11.2 Å². The molecule has 0 radical (unpaired) electrons. The van der Waals surface area contributed by atoms with E-state index in [4.69, 9.17) is 16.6 Å². The number of halogens is 1. The Bertz CT molecular complexity index is 1090. The molecule has 1 fully saturated rings. The highest BCUT2D eigenvalue weighted by Gasteiger charge is 2.50. The molecule has 37 heavy (non-hydrogen) atoms. The van der Waals surface area contributed by atoms with Gasteiger partial charge in [0.05, 0.1) is 28.1 Å². The van der Waals surface area contributed by atoms with Crippen LogP contribution in [0.1, 0.15) is 44.7 Å². The Labute approximate surface area is 236 Å². The van der Waals surface area contributed by atoms with Crippen molar-refractivity contribution in [2.75, 3.05) is 30.2 Å². The smallest absolute Gasteiger partial charge is 0.332 e. The standard InChI is InChI=1S/C26H36ClN3O4S3/c1-25(2,23-29-26(3,14-37-23)24(33)34)20(32)17-13-36-22(30(17)4)16-12-35-21(28-16)19-15(8-5-6-11-27)9-7-10-18(19)31/h7,9-10,16-17,20,22,31-32H,5-6,8,11-14H2,1-4H3,(H,33,34)/t16-,17+,20-,22-,26-/m1/s1. The predicted molar refractivity (Wildman–Crippen MR) is 158 cm³/mol. The van der Waals surface area contributed by atoms with Gasteiger partial charge in [-0.05, 0) is 44.9 Å². The first kappa shape index (κ1) is 29.1. The van der Waals surface area contributed by atoms with Gasteiger partial charge in [0.1, 0.15) is 10.8 Å². The Morgan fingerprint density at radius 1 is 1.30 bits per heavy atom. The summed E-state index contributed by atoms with van der Waals surface area (Å²) in [5.74, 6) is 1.91. The fraction of sp³-hybridized carbons (Fsp3) is 0.654. The molecule has 11 heteroatoms. The maximum absolute atomic E-state index is 11.7. The van der Waals surface area contributed by atoms with Gasteiger partial charge in [-0.1, -0.05) is 26.0 Å². The number of alkyl halides is 1. The molecule has 3 aliphatic rings. The second-order valence-corrected chi connectivity index (χ2v) is 14.2. The molecule has 1 aromatic carbocycles. The van der Waals surface area contributed by atoms with Gasteiger partial charge < -0.3 is 15.3 Å². The maximum Gasteiger partial charge on any atom is 0.332 e. The van der Waals surface area contributed by atoms with E-state index in [1.165, 1.54) is 11.8 Å². The Balaban J connectivity index is 1.48. The van der Waals surface area contributed by atoms with Crippen molar-refractivity contribution in [1.29, 1.82) is 0 Å². The highest BCUT2D eigenvalue weighted by atomic mass is 35.5. The van der Waals surface area contributed by atoms with Crippen LogP contribution in [0.4, 0.5) is 0 Å². The second kappa shape index (κ2) is 11.7. The SMILES string of the molecule is CN1[C@@H]([C@H]2CSC(c3c(O)cccc3CCCCCl)=N2)SC[C@H]1[C@@H](O)C(C)(C)C1=N[C@@](C)(C(=O)O)CS1. The van der Waals surface area contributed by atoms with Gasteiger partial charge >= 0.3 is 5.97 Å². The number of aliphatic carboxylic acids is 1. The molecule has 0 aromatic heterocycles. The van der Waals surface area contributed by atoms with Crippen LogP contribution in [0.3, 0.4) is 0 Å². The van der Waals surface area contributed by atoms with Crippen molar-refractivity contribution < 1.29 is 20.1 Å². The maximum atomic E-state index is 11.7. The zero-order valence-corrected chi connectivity index (χ0v) is 24.9. The molecule has 0 saturated carbocycles. The topological polar surface area (TPSA) is 106 Å². The Morgan fingerprint density at radius 3 is 2.73 bits per heavy atom. The number of phenolic OH excluding ortho intramolecular Hbond substituents is 1. The summed E-state index contributed by atoms with van der Waals surface area (Å²) in [4.78, 5) is 23.5. The minimum absolute atomic E-state index is 0.0408. The highest BCUT2D eigenvalue weighted by molar-refractivity contribution is 8.15. The molecule has 3 heterocycles.